The Bertz CT molecular complexity index is 2620. The first-order valence-corrected chi connectivity index (χ1v) is 17.5. The molecule has 1 heteroatoms. The average molecular weight is 650 g/mol. The summed E-state index contributed by atoms with van der Waals surface area (Å²) in [5.41, 5.74) is 13.0. The maximum absolute atomic E-state index is 2.36. The van der Waals surface area contributed by atoms with E-state index in [1.165, 1.54) is 66.1 Å². The molecule has 0 aliphatic rings. The van der Waals surface area contributed by atoms with Crippen LogP contribution in [0, 0.1) is 0 Å². The van der Waals surface area contributed by atoms with Gasteiger partial charge in [-0.15, -0.1) is 0 Å². The molecule has 0 amide bonds. The van der Waals surface area contributed by atoms with Crippen molar-refractivity contribution >= 4 is 38.6 Å². The third kappa shape index (κ3) is 6.07. The number of nitrogens with zero attached hydrogens (tertiary/aromatic N) is 1. The van der Waals surface area contributed by atoms with Crippen molar-refractivity contribution in [3.05, 3.63) is 212 Å². The van der Waals surface area contributed by atoms with E-state index in [0.717, 1.165) is 17.1 Å². The highest BCUT2D eigenvalue weighted by atomic mass is 15.1. The molecule has 0 aromatic heterocycles. The minimum absolute atomic E-state index is 1.10. The molecule has 0 atom stereocenters. The predicted molar refractivity (Wildman–Crippen MR) is 218 cm³/mol. The number of benzene rings is 9. The van der Waals surface area contributed by atoms with Crippen molar-refractivity contribution in [2.75, 3.05) is 4.90 Å². The molecule has 0 fully saturated rings. The summed E-state index contributed by atoms with van der Waals surface area (Å²) in [7, 11) is 0. The van der Waals surface area contributed by atoms with E-state index in [1.807, 2.05) is 0 Å². The summed E-state index contributed by atoms with van der Waals surface area (Å²) < 4.78 is 0. The number of fused-ring (bicyclic) bond motifs is 2. The summed E-state index contributed by atoms with van der Waals surface area (Å²) >= 11 is 0. The minimum Gasteiger partial charge on any atom is -0.310 e. The molecule has 51 heavy (non-hydrogen) atoms. The van der Waals surface area contributed by atoms with E-state index >= 15 is 0 Å². The molecule has 0 unspecified atom stereocenters. The number of hydrogen-bond donors (Lipinski definition) is 0. The van der Waals surface area contributed by atoms with Gasteiger partial charge in [0.05, 0.1) is 0 Å². The zero-order valence-electron chi connectivity index (χ0n) is 28.2. The maximum atomic E-state index is 2.36. The fourth-order valence-corrected chi connectivity index (χ4v) is 7.21. The van der Waals surface area contributed by atoms with Crippen LogP contribution in [-0.2, 0) is 0 Å². The van der Waals surface area contributed by atoms with Crippen LogP contribution in [0.3, 0.4) is 0 Å². The lowest BCUT2D eigenvalue weighted by Crippen LogP contribution is -2.10. The molecule has 0 bridgehead atoms. The fraction of sp³-hybridized carbons (Fsp3) is 0. The van der Waals surface area contributed by atoms with Crippen molar-refractivity contribution in [1.29, 1.82) is 0 Å². The van der Waals surface area contributed by atoms with Crippen LogP contribution in [0.25, 0.3) is 66.1 Å². The van der Waals surface area contributed by atoms with Gasteiger partial charge in [-0.25, -0.2) is 0 Å². The highest BCUT2D eigenvalue weighted by Crippen LogP contribution is 2.40. The molecule has 9 aromatic rings. The predicted octanol–water partition coefficient (Wildman–Crippen LogP) is 14.1. The van der Waals surface area contributed by atoms with Gasteiger partial charge in [0.1, 0.15) is 0 Å². The Morgan fingerprint density at radius 2 is 0.647 bits per heavy atom. The maximum Gasteiger partial charge on any atom is 0.0467 e. The van der Waals surface area contributed by atoms with Crippen molar-refractivity contribution in [2.45, 2.75) is 0 Å². The quantitative estimate of drug-likeness (QED) is 0.166. The Kier molecular flexibility index (Phi) is 7.92. The molecule has 0 saturated carbocycles. The fourth-order valence-electron chi connectivity index (χ4n) is 7.21. The molecule has 0 aliphatic heterocycles. The van der Waals surface area contributed by atoms with Crippen LogP contribution in [0.1, 0.15) is 0 Å². The Labute approximate surface area is 299 Å². The zero-order chi connectivity index (χ0) is 34.0. The van der Waals surface area contributed by atoms with Gasteiger partial charge in [0.2, 0.25) is 0 Å². The first-order valence-electron chi connectivity index (χ1n) is 17.5. The topological polar surface area (TPSA) is 3.24 Å². The van der Waals surface area contributed by atoms with Crippen LogP contribution in [0.15, 0.2) is 212 Å². The average Bonchev–Trinajstić information content (AvgIpc) is 3.21. The van der Waals surface area contributed by atoms with Crippen molar-refractivity contribution < 1.29 is 0 Å². The number of hydrogen-bond acceptors (Lipinski definition) is 1. The first kappa shape index (κ1) is 30.4. The van der Waals surface area contributed by atoms with Crippen molar-refractivity contribution in [3.8, 4) is 44.5 Å². The second-order valence-electron chi connectivity index (χ2n) is 13.0. The van der Waals surface area contributed by atoms with Gasteiger partial charge in [0, 0.05) is 17.1 Å². The molecule has 0 saturated heterocycles. The van der Waals surface area contributed by atoms with E-state index in [2.05, 4.69) is 217 Å². The molecular weight excluding hydrogens is 615 g/mol. The summed E-state index contributed by atoms with van der Waals surface area (Å²) in [5, 5.41) is 5.00. The van der Waals surface area contributed by atoms with Gasteiger partial charge in [0.25, 0.3) is 0 Å². The molecule has 0 aliphatic carbocycles. The molecule has 0 radical (unpaired) electrons. The molecule has 0 heterocycles. The Hall–Kier alpha value is -6.70. The minimum atomic E-state index is 1.10. The lowest BCUT2D eigenvalue weighted by molar-refractivity contribution is 1.28. The molecule has 9 aromatic carbocycles. The second-order valence-corrected chi connectivity index (χ2v) is 13.0. The number of anilines is 3. The van der Waals surface area contributed by atoms with Crippen molar-refractivity contribution in [2.24, 2.45) is 0 Å². The summed E-state index contributed by atoms with van der Waals surface area (Å²) in [6.45, 7) is 0. The van der Waals surface area contributed by atoms with Crippen molar-refractivity contribution in [3.63, 3.8) is 0 Å². The highest BCUT2D eigenvalue weighted by Gasteiger charge is 2.15. The standard InChI is InChI=1S/C50H35N/c1-2-11-36(12-3-1)39-25-29-46(30-26-39)51(48-18-10-17-43(35-48)44-23-21-37-13-4-6-15-41(37)33-44)47-31-27-40(28-32-47)49-19-8-9-20-50(49)45-24-22-38-14-5-7-16-42(38)34-45/h1-35H. The summed E-state index contributed by atoms with van der Waals surface area (Å²) in [5.74, 6) is 0. The van der Waals surface area contributed by atoms with Gasteiger partial charge in [0.15, 0.2) is 0 Å². The summed E-state index contributed by atoms with van der Waals surface area (Å²) in [6.07, 6.45) is 0. The van der Waals surface area contributed by atoms with Crippen LogP contribution in [-0.4, -0.2) is 0 Å². The zero-order valence-corrected chi connectivity index (χ0v) is 28.2. The van der Waals surface area contributed by atoms with Gasteiger partial charge in [-0.1, -0.05) is 164 Å². The SMILES string of the molecule is c1ccc(-c2ccc(N(c3ccc(-c4ccccc4-c4ccc5ccccc5c4)cc3)c3cccc(-c4ccc5ccccc5c4)c3)cc2)cc1. The van der Waals surface area contributed by atoms with Crippen LogP contribution in [0.2, 0.25) is 0 Å². The van der Waals surface area contributed by atoms with Gasteiger partial charge in [-0.3, -0.25) is 0 Å². The lowest BCUT2D eigenvalue weighted by atomic mass is 9.93. The second kappa shape index (κ2) is 13.3. The summed E-state index contributed by atoms with van der Waals surface area (Å²) in [4.78, 5) is 2.36. The van der Waals surface area contributed by atoms with Crippen LogP contribution < -0.4 is 4.90 Å². The Morgan fingerprint density at radius 1 is 0.216 bits per heavy atom. The molecule has 0 spiro atoms. The van der Waals surface area contributed by atoms with E-state index in [-0.39, 0.29) is 0 Å². The highest BCUT2D eigenvalue weighted by molar-refractivity contribution is 5.92. The Morgan fingerprint density at radius 3 is 1.29 bits per heavy atom. The molecule has 1 nitrogen and oxygen atoms in total. The third-order valence-corrected chi connectivity index (χ3v) is 9.84. The van der Waals surface area contributed by atoms with Crippen LogP contribution in [0.4, 0.5) is 17.1 Å². The van der Waals surface area contributed by atoms with Gasteiger partial charge < -0.3 is 4.90 Å². The first-order chi connectivity index (χ1) is 25.3. The number of rotatable bonds is 7. The van der Waals surface area contributed by atoms with Crippen LogP contribution >= 0.6 is 0 Å². The Balaban J connectivity index is 1.12. The molecular formula is C50H35N. The van der Waals surface area contributed by atoms with Crippen molar-refractivity contribution in [1.82, 2.24) is 0 Å². The van der Waals surface area contributed by atoms with Gasteiger partial charge >= 0.3 is 0 Å². The lowest BCUT2D eigenvalue weighted by Gasteiger charge is -2.26. The smallest absolute Gasteiger partial charge is 0.0467 e. The monoisotopic (exact) mass is 649 g/mol. The molecule has 240 valence electrons. The molecule has 0 N–H and O–H groups in total. The normalized spacial score (nSPS) is 11.1. The van der Waals surface area contributed by atoms with Gasteiger partial charge in [-0.05, 0) is 115 Å². The summed E-state index contributed by atoms with van der Waals surface area (Å²) in [6, 6.07) is 76.7. The van der Waals surface area contributed by atoms with E-state index in [1.54, 1.807) is 0 Å². The van der Waals surface area contributed by atoms with E-state index < -0.39 is 0 Å². The largest absolute Gasteiger partial charge is 0.310 e. The van der Waals surface area contributed by atoms with E-state index in [4.69, 9.17) is 0 Å². The third-order valence-electron chi connectivity index (χ3n) is 9.84. The van der Waals surface area contributed by atoms with Gasteiger partial charge in [-0.2, -0.15) is 0 Å². The van der Waals surface area contributed by atoms with E-state index in [0.29, 0.717) is 0 Å². The van der Waals surface area contributed by atoms with Crippen LogP contribution in [0.5, 0.6) is 0 Å². The molecule has 9 rings (SSSR count). The van der Waals surface area contributed by atoms with E-state index in [9.17, 15) is 0 Å².